The second-order valence-electron chi connectivity index (χ2n) is 3.13. The number of rotatable bonds is 5. The van der Waals surface area contributed by atoms with Crippen molar-refractivity contribution >= 4 is 10.0 Å². The quantitative estimate of drug-likeness (QED) is 0.665. The van der Waals surface area contributed by atoms with Gasteiger partial charge in [0.25, 0.3) is 0 Å². The van der Waals surface area contributed by atoms with Gasteiger partial charge in [-0.25, -0.2) is 18.1 Å². The monoisotopic (exact) mass is 241 g/mol. The van der Waals surface area contributed by atoms with E-state index in [4.69, 9.17) is 0 Å². The van der Waals surface area contributed by atoms with Crippen molar-refractivity contribution in [3.05, 3.63) is 30.6 Å². The Labute approximate surface area is 92.4 Å². The van der Waals surface area contributed by atoms with Crippen molar-refractivity contribution in [2.45, 2.75) is 11.3 Å². The number of sulfonamides is 1. The van der Waals surface area contributed by atoms with Crippen LogP contribution < -0.4 is 4.72 Å². The molecule has 0 bridgehead atoms. The van der Waals surface area contributed by atoms with Crippen LogP contribution in [0.3, 0.4) is 0 Å². The summed E-state index contributed by atoms with van der Waals surface area (Å²) >= 11 is 0. The molecule has 2 aromatic rings. The summed E-state index contributed by atoms with van der Waals surface area (Å²) in [5.74, 6) is 0.650. The lowest BCUT2D eigenvalue weighted by atomic mass is 10.4. The topological polar surface area (TPSA) is 104 Å². The van der Waals surface area contributed by atoms with Crippen molar-refractivity contribution in [2.75, 3.05) is 6.54 Å². The standard InChI is InChI=1S/C8H11N5O2S/c14-16(15,7-1-3-9-5-7)12-4-2-8-10-6-11-13-8/h1,3,5-6,9,12H,2,4H2,(H,10,11,13). The number of aromatic nitrogens is 4. The maximum Gasteiger partial charge on any atom is 0.242 e. The Balaban J connectivity index is 1.91. The van der Waals surface area contributed by atoms with Gasteiger partial charge in [0.15, 0.2) is 0 Å². The average molecular weight is 241 g/mol. The van der Waals surface area contributed by atoms with E-state index >= 15 is 0 Å². The summed E-state index contributed by atoms with van der Waals surface area (Å²) in [4.78, 5) is 6.81. The van der Waals surface area contributed by atoms with Crippen LogP contribution in [0.4, 0.5) is 0 Å². The number of hydrogen-bond donors (Lipinski definition) is 3. The summed E-state index contributed by atoms with van der Waals surface area (Å²) in [6.45, 7) is 0.280. The molecule has 0 aliphatic carbocycles. The van der Waals surface area contributed by atoms with E-state index in [1.807, 2.05) is 0 Å². The molecule has 0 aromatic carbocycles. The molecular weight excluding hydrogens is 230 g/mol. The fourth-order valence-corrected chi connectivity index (χ4v) is 2.22. The van der Waals surface area contributed by atoms with Crippen molar-refractivity contribution in [1.29, 1.82) is 0 Å². The van der Waals surface area contributed by atoms with Gasteiger partial charge in [0.2, 0.25) is 10.0 Å². The molecule has 0 saturated carbocycles. The first-order valence-corrected chi connectivity index (χ1v) is 6.13. The molecular formula is C8H11N5O2S. The van der Waals surface area contributed by atoms with Gasteiger partial charge in [0.1, 0.15) is 12.2 Å². The predicted octanol–water partition coefficient (Wildman–Crippen LogP) is -0.346. The van der Waals surface area contributed by atoms with E-state index < -0.39 is 10.0 Å². The number of aromatic amines is 2. The molecule has 16 heavy (non-hydrogen) atoms. The van der Waals surface area contributed by atoms with Gasteiger partial charge in [0.05, 0.1) is 4.90 Å². The van der Waals surface area contributed by atoms with Crippen molar-refractivity contribution in [3.63, 3.8) is 0 Å². The van der Waals surface area contributed by atoms with E-state index in [9.17, 15) is 8.42 Å². The third-order valence-electron chi connectivity index (χ3n) is 2.00. The molecule has 2 heterocycles. The molecule has 0 atom stereocenters. The van der Waals surface area contributed by atoms with E-state index in [1.54, 1.807) is 6.20 Å². The second-order valence-corrected chi connectivity index (χ2v) is 4.89. The van der Waals surface area contributed by atoms with E-state index in [-0.39, 0.29) is 11.4 Å². The van der Waals surface area contributed by atoms with E-state index in [2.05, 4.69) is 24.9 Å². The van der Waals surface area contributed by atoms with Crippen LogP contribution in [0.25, 0.3) is 0 Å². The molecule has 0 aliphatic rings. The molecule has 0 aliphatic heterocycles. The Morgan fingerprint density at radius 2 is 2.31 bits per heavy atom. The smallest absolute Gasteiger partial charge is 0.242 e. The van der Waals surface area contributed by atoms with Gasteiger partial charge in [-0.15, -0.1) is 0 Å². The van der Waals surface area contributed by atoms with Crippen LogP contribution in [0.5, 0.6) is 0 Å². The maximum absolute atomic E-state index is 11.6. The van der Waals surface area contributed by atoms with Crippen LogP contribution in [-0.4, -0.2) is 35.1 Å². The molecule has 0 radical (unpaired) electrons. The molecule has 0 saturated heterocycles. The summed E-state index contributed by atoms with van der Waals surface area (Å²) in [7, 11) is -3.41. The zero-order chi connectivity index (χ0) is 11.4. The molecule has 8 heteroatoms. The number of hydrogen-bond acceptors (Lipinski definition) is 4. The van der Waals surface area contributed by atoms with Crippen LogP contribution >= 0.6 is 0 Å². The predicted molar refractivity (Wildman–Crippen MR) is 56.1 cm³/mol. The molecule has 86 valence electrons. The molecule has 3 N–H and O–H groups in total. The minimum Gasteiger partial charge on any atom is -0.366 e. The number of H-pyrrole nitrogens is 2. The highest BCUT2D eigenvalue weighted by Crippen LogP contribution is 2.05. The van der Waals surface area contributed by atoms with Crippen LogP contribution in [0.15, 0.2) is 29.7 Å². The second kappa shape index (κ2) is 4.45. The third-order valence-corrected chi connectivity index (χ3v) is 3.46. The first-order chi connectivity index (χ1) is 7.68. The van der Waals surface area contributed by atoms with E-state index in [0.717, 1.165) is 0 Å². The first-order valence-electron chi connectivity index (χ1n) is 4.65. The highest BCUT2D eigenvalue weighted by Gasteiger charge is 2.13. The molecule has 7 nitrogen and oxygen atoms in total. The Bertz CT molecular complexity index is 517. The fourth-order valence-electron chi connectivity index (χ4n) is 1.21. The average Bonchev–Trinajstić information content (AvgIpc) is 2.90. The summed E-state index contributed by atoms with van der Waals surface area (Å²) in [5.41, 5.74) is 0. The van der Waals surface area contributed by atoms with Gasteiger partial charge in [-0.1, -0.05) is 0 Å². The van der Waals surface area contributed by atoms with Crippen LogP contribution in [0, 0.1) is 0 Å². The Kier molecular flexibility index (Phi) is 3.02. The lowest BCUT2D eigenvalue weighted by molar-refractivity contribution is 0.581. The first kappa shape index (κ1) is 10.8. The SMILES string of the molecule is O=S(=O)(NCCc1ncn[nH]1)c1cc[nH]c1. The molecule has 0 fully saturated rings. The van der Waals surface area contributed by atoms with Crippen LogP contribution in [0.1, 0.15) is 5.82 Å². The fraction of sp³-hybridized carbons (Fsp3) is 0.250. The zero-order valence-corrected chi connectivity index (χ0v) is 9.16. The molecule has 0 spiro atoms. The van der Waals surface area contributed by atoms with Crippen molar-refractivity contribution < 1.29 is 8.42 Å². The Morgan fingerprint density at radius 1 is 1.44 bits per heavy atom. The minimum absolute atomic E-state index is 0.227. The molecule has 0 unspecified atom stereocenters. The highest BCUT2D eigenvalue weighted by atomic mass is 32.2. The van der Waals surface area contributed by atoms with Crippen LogP contribution in [0.2, 0.25) is 0 Å². The summed E-state index contributed by atoms with van der Waals surface area (Å²) in [5, 5.41) is 6.32. The van der Waals surface area contributed by atoms with Gasteiger partial charge in [-0.2, -0.15) is 5.10 Å². The lowest BCUT2D eigenvalue weighted by Gasteiger charge is -2.02. The van der Waals surface area contributed by atoms with Gasteiger partial charge < -0.3 is 4.98 Å². The normalized spacial score (nSPS) is 11.8. The van der Waals surface area contributed by atoms with Crippen molar-refractivity contribution in [1.82, 2.24) is 24.9 Å². The minimum atomic E-state index is -3.41. The molecule has 0 amide bonds. The van der Waals surface area contributed by atoms with Crippen molar-refractivity contribution in [2.24, 2.45) is 0 Å². The zero-order valence-electron chi connectivity index (χ0n) is 8.34. The number of nitrogens with one attached hydrogen (secondary N) is 3. The highest BCUT2D eigenvalue weighted by molar-refractivity contribution is 7.89. The summed E-state index contributed by atoms with van der Waals surface area (Å²) < 4.78 is 25.8. The van der Waals surface area contributed by atoms with Gasteiger partial charge >= 0.3 is 0 Å². The largest absolute Gasteiger partial charge is 0.366 e. The molecule has 2 aromatic heterocycles. The van der Waals surface area contributed by atoms with E-state index in [1.165, 1.54) is 18.6 Å². The Hall–Kier alpha value is -1.67. The van der Waals surface area contributed by atoms with Gasteiger partial charge in [-0.05, 0) is 6.07 Å². The van der Waals surface area contributed by atoms with Crippen LogP contribution in [-0.2, 0) is 16.4 Å². The summed E-state index contributed by atoms with van der Waals surface area (Å²) in [6.07, 6.45) is 4.85. The number of nitrogens with zero attached hydrogens (tertiary/aromatic N) is 2. The molecule has 2 rings (SSSR count). The van der Waals surface area contributed by atoms with E-state index in [0.29, 0.717) is 12.2 Å². The lowest BCUT2D eigenvalue weighted by Crippen LogP contribution is -2.25. The third kappa shape index (κ3) is 2.47. The van der Waals surface area contributed by atoms with Gasteiger partial charge in [0, 0.05) is 25.4 Å². The Morgan fingerprint density at radius 3 is 2.94 bits per heavy atom. The van der Waals surface area contributed by atoms with Gasteiger partial charge in [-0.3, -0.25) is 5.10 Å². The summed E-state index contributed by atoms with van der Waals surface area (Å²) in [6, 6.07) is 1.50. The van der Waals surface area contributed by atoms with Crippen molar-refractivity contribution in [3.8, 4) is 0 Å². The maximum atomic E-state index is 11.6.